The van der Waals surface area contributed by atoms with Crippen LogP contribution in [0.1, 0.15) is 16.2 Å². The highest BCUT2D eigenvalue weighted by atomic mass is 16.2. The molecule has 0 spiro atoms. The standard InChI is InChI=1S/C10H11N5O/c1-15-7-8(6-14-15)5-13-10(16)9-11-3-2-4-12-9/h2-4,6-7H,5H2,1H3,(H,13,16). The second-order valence-electron chi connectivity index (χ2n) is 3.28. The van der Waals surface area contributed by atoms with Crippen molar-refractivity contribution >= 4 is 5.91 Å². The second-order valence-corrected chi connectivity index (χ2v) is 3.28. The third-order valence-corrected chi connectivity index (χ3v) is 1.98. The highest BCUT2D eigenvalue weighted by Crippen LogP contribution is 1.96. The zero-order chi connectivity index (χ0) is 11.4. The molecular formula is C10H11N5O. The lowest BCUT2D eigenvalue weighted by atomic mass is 10.3. The van der Waals surface area contributed by atoms with Crippen molar-refractivity contribution in [1.29, 1.82) is 0 Å². The normalized spacial score (nSPS) is 10.1. The second kappa shape index (κ2) is 4.52. The van der Waals surface area contributed by atoms with Crippen LogP contribution in [0.15, 0.2) is 30.9 Å². The van der Waals surface area contributed by atoms with Crippen LogP contribution in [0.2, 0.25) is 0 Å². The minimum atomic E-state index is -0.288. The summed E-state index contributed by atoms with van der Waals surface area (Å²) in [6.07, 6.45) is 6.61. The van der Waals surface area contributed by atoms with Crippen LogP contribution in [0.3, 0.4) is 0 Å². The van der Waals surface area contributed by atoms with Gasteiger partial charge in [0.1, 0.15) is 0 Å². The lowest BCUT2D eigenvalue weighted by Crippen LogP contribution is -2.24. The quantitative estimate of drug-likeness (QED) is 0.793. The van der Waals surface area contributed by atoms with Crippen molar-refractivity contribution in [2.45, 2.75) is 6.54 Å². The molecule has 0 atom stereocenters. The van der Waals surface area contributed by atoms with Crippen molar-refractivity contribution in [3.63, 3.8) is 0 Å². The molecule has 16 heavy (non-hydrogen) atoms. The Balaban J connectivity index is 1.94. The van der Waals surface area contributed by atoms with E-state index in [0.29, 0.717) is 6.54 Å². The molecule has 1 N–H and O–H groups in total. The largest absolute Gasteiger partial charge is 0.345 e. The molecule has 82 valence electrons. The molecule has 2 aromatic heterocycles. The van der Waals surface area contributed by atoms with Crippen LogP contribution in [0.4, 0.5) is 0 Å². The lowest BCUT2D eigenvalue weighted by Gasteiger charge is -2.00. The maximum absolute atomic E-state index is 11.6. The molecule has 0 aromatic carbocycles. The first-order chi connectivity index (χ1) is 7.75. The SMILES string of the molecule is Cn1cc(CNC(=O)c2ncccn2)cn1. The van der Waals surface area contributed by atoms with Crippen molar-refractivity contribution < 1.29 is 4.79 Å². The molecule has 0 saturated carbocycles. The van der Waals surface area contributed by atoms with E-state index in [1.807, 2.05) is 13.2 Å². The fourth-order valence-corrected chi connectivity index (χ4v) is 1.24. The molecule has 2 aromatic rings. The Bertz CT molecular complexity index is 479. The number of hydrogen-bond donors (Lipinski definition) is 1. The van der Waals surface area contributed by atoms with Crippen LogP contribution >= 0.6 is 0 Å². The number of nitrogens with one attached hydrogen (secondary N) is 1. The van der Waals surface area contributed by atoms with E-state index in [-0.39, 0.29) is 11.7 Å². The molecule has 0 saturated heterocycles. The third-order valence-electron chi connectivity index (χ3n) is 1.98. The summed E-state index contributed by atoms with van der Waals surface area (Å²) in [4.78, 5) is 19.3. The van der Waals surface area contributed by atoms with Gasteiger partial charge in [-0.25, -0.2) is 9.97 Å². The summed E-state index contributed by atoms with van der Waals surface area (Å²) in [5.41, 5.74) is 0.937. The molecule has 1 amide bonds. The van der Waals surface area contributed by atoms with E-state index in [0.717, 1.165) is 5.56 Å². The van der Waals surface area contributed by atoms with Gasteiger partial charge in [0.2, 0.25) is 5.82 Å². The predicted molar refractivity (Wildman–Crippen MR) is 56.4 cm³/mol. The van der Waals surface area contributed by atoms with Crippen LogP contribution in [-0.2, 0) is 13.6 Å². The van der Waals surface area contributed by atoms with Crippen LogP contribution in [0.25, 0.3) is 0 Å². The number of hydrogen-bond acceptors (Lipinski definition) is 4. The zero-order valence-electron chi connectivity index (χ0n) is 8.79. The van der Waals surface area contributed by atoms with E-state index >= 15 is 0 Å². The number of aryl methyl sites for hydroxylation is 1. The molecule has 0 unspecified atom stereocenters. The topological polar surface area (TPSA) is 72.7 Å². The minimum absolute atomic E-state index is 0.173. The van der Waals surface area contributed by atoms with Crippen LogP contribution < -0.4 is 5.32 Å². The van der Waals surface area contributed by atoms with Crippen molar-refractivity contribution in [2.75, 3.05) is 0 Å². The Labute approximate surface area is 92.3 Å². The Morgan fingerprint density at radius 2 is 2.19 bits per heavy atom. The van der Waals surface area contributed by atoms with Crippen molar-refractivity contribution in [3.05, 3.63) is 42.2 Å². The molecule has 0 fully saturated rings. The maximum Gasteiger partial charge on any atom is 0.289 e. The lowest BCUT2D eigenvalue weighted by molar-refractivity contribution is 0.0940. The molecule has 0 aliphatic carbocycles. The summed E-state index contributed by atoms with van der Waals surface area (Å²) in [5, 5.41) is 6.71. The summed E-state index contributed by atoms with van der Waals surface area (Å²) >= 11 is 0. The van der Waals surface area contributed by atoms with E-state index < -0.39 is 0 Å². The number of nitrogens with zero attached hydrogens (tertiary/aromatic N) is 4. The molecule has 2 heterocycles. The first-order valence-corrected chi connectivity index (χ1v) is 4.78. The predicted octanol–water partition coefficient (Wildman–Crippen LogP) is 0.140. The van der Waals surface area contributed by atoms with Gasteiger partial charge in [0, 0.05) is 37.7 Å². The Hall–Kier alpha value is -2.24. The van der Waals surface area contributed by atoms with E-state index in [4.69, 9.17) is 0 Å². The van der Waals surface area contributed by atoms with Gasteiger partial charge < -0.3 is 5.32 Å². The molecular weight excluding hydrogens is 206 g/mol. The monoisotopic (exact) mass is 217 g/mol. The van der Waals surface area contributed by atoms with Gasteiger partial charge in [0.15, 0.2) is 0 Å². The van der Waals surface area contributed by atoms with E-state index in [1.54, 1.807) is 16.9 Å². The summed E-state index contributed by atoms with van der Waals surface area (Å²) in [7, 11) is 1.83. The van der Waals surface area contributed by atoms with Crippen LogP contribution in [-0.4, -0.2) is 25.7 Å². The molecule has 6 nitrogen and oxygen atoms in total. The molecule has 2 rings (SSSR count). The Morgan fingerprint density at radius 1 is 1.44 bits per heavy atom. The summed E-state index contributed by atoms with van der Waals surface area (Å²) in [5.74, 6) is -0.115. The van der Waals surface area contributed by atoms with Gasteiger partial charge in [-0.15, -0.1) is 0 Å². The van der Waals surface area contributed by atoms with Crippen LogP contribution in [0.5, 0.6) is 0 Å². The van der Waals surface area contributed by atoms with E-state index in [9.17, 15) is 4.79 Å². The fourth-order valence-electron chi connectivity index (χ4n) is 1.24. The Morgan fingerprint density at radius 3 is 2.81 bits per heavy atom. The molecule has 0 bridgehead atoms. The van der Waals surface area contributed by atoms with Gasteiger partial charge in [0.05, 0.1) is 6.20 Å². The number of aromatic nitrogens is 4. The van der Waals surface area contributed by atoms with Gasteiger partial charge in [-0.1, -0.05) is 0 Å². The molecule has 0 aliphatic heterocycles. The van der Waals surface area contributed by atoms with Crippen molar-refractivity contribution in [2.24, 2.45) is 7.05 Å². The maximum atomic E-state index is 11.6. The van der Waals surface area contributed by atoms with E-state index in [2.05, 4.69) is 20.4 Å². The number of carbonyl (C=O) groups is 1. The molecule has 6 heteroatoms. The fraction of sp³-hybridized carbons (Fsp3) is 0.200. The highest BCUT2D eigenvalue weighted by molar-refractivity contribution is 5.90. The molecule has 0 aliphatic rings. The van der Waals surface area contributed by atoms with Gasteiger partial charge in [-0.2, -0.15) is 5.10 Å². The van der Waals surface area contributed by atoms with Crippen molar-refractivity contribution in [1.82, 2.24) is 25.1 Å². The Kier molecular flexibility index (Phi) is 2.90. The molecule has 0 radical (unpaired) electrons. The third kappa shape index (κ3) is 2.41. The first kappa shape index (κ1) is 10.3. The number of rotatable bonds is 3. The summed E-state index contributed by atoms with van der Waals surface area (Å²) < 4.78 is 1.68. The minimum Gasteiger partial charge on any atom is -0.345 e. The summed E-state index contributed by atoms with van der Waals surface area (Å²) in [6, 6.07) is 1.66. The van der Waals surface area contributed by atoms with Gasteiger partial charge >= 0.3 is 0 Å². The smallest absolute Gasteiger partial charge is 0.289 e. The van der Waals surface area contributed by atoms with Gasteiger partial charge in [-0.05, 0) is 6.07 Å². The highest BCUT2D eigenvalue weighted by Gasteiger charge is 2.07. The van der Waals surface area contributed by atoms with Gasteiger partial charge in [-0.3, -0.25) is 9.48 Å². The van der Waals surface area contributed by atoms with Gasteiger partial charge in [0.25, 0.3) is 5.91 Å². The number of carbonyl (C=O) groups excluding carboxylic acids is 1. The summed E-state index contributed by atoms with van der Waals surface area (Å²) in [6.45, 7) is 0.422. The van der Waals surface area contributed by atoms with E-state index in [1.165, 1.54) is 12.4 Å². The first-order valence-electron chi connectivity index (χ1n) is 4.78. The number of amides is 1. The van der Waals surface area contributed by atoms with Crippen molar-refractivity contribution in [3.8, 4) is 0 Å². The average molecular weight is 217 g/mol. The average Bonchev–Trinajstić information content (AvgIpc) is 2.73. The van der Waals surface area contributed by atoms with Crippen LogP contribution in [0, 0.1) is 0 Å². The zero-order valence-corrected chi connectivity index (χ0v) is 8.79.